The van der Waals surface area contributed by atoms with Gasteiger partial charge < -0.3 is 19.8 Å². The number of hydrogen-bond donors (Lipinski definition) is 0. The molecule has 0 fully saturated rings. The Labute approximate surface area is 242 Å². The maximum Gasteiger partial charge on any atom is 1.00 e. The molecule has 0 aromatic carbocycles. The minimum Gasteiger partial charge on any atom is -0.550 e. The van der Waals surface area contributed by atoms with Crippen molar-refractivity contribution >= 4 is 33.5 Å². The standard InChI is InChI=1S/C26H50O4S2.2Li/c27-25(28)21-17-13-9-5-1-3-7-11-15-19-23-31-32-24-20-16-12-8-4-2-6-10-14-18-22-26(29)30;;/h1-24H2,(H,27,28)(H,29,30);;/q;2*+1/p-2. The van der Waals surface area contributed by atoms with Crippen LogP contribution in [-0.4, -0.2) is 23.4 Å². The van der Waals surface area contributed by atoms with Crippen LogP contribution in [0.5, 0.6) is 0 Å². The Morgan fingerprint density at radius 3 is 0.824 bits per heavy atom. The van der Waals surface area contributed by atoms with E-state index in [0.29, 0.717) is 0 Å². The smallest absolute Gasteiger partial charge is 0.550 e. The van der Waals surface area contributed by atoms with E-state index in [9.17, 15) is 19.8 Å². The third kappa shape index (κ3) is 37.4. The van der Waals surface area contributed by atoms with Crippen LogP contribution in [0.15, 0.2) is 0 Å². The summed E-state index contributed by atoms with van der Waals surface area (Å²) in [5, 5.41) is 20.6. The van der Waals surface area contributed by atoms with Crippen LogP contribution >= 0.6 is 21.6 Å². The van der Waals surface area contributed by atoms with E-state index in [4.69, 9.17) is 0 Å². The summed E-state index contributed by atoms with van der Waals surface area (Å²) in [6, 6.07) is 0. The second-order valence-corrected chi connectivity index (χ2v) is 11.7. The molecular formula is C26H48Li2O4S2. The van der Waals surface area contributed by atoms with Gasteiger partial charge in [-0.25, -0.2) is 0 Å². The number of rotatable bonds is 27. The van der Waals surface area contributed by atoms with Crippen molar-refractivity contribution in [3.8, 4) is 0 Å². The zero-order valence-electron chi connectivity index (χ0n) is 22.4. The molecule has 0 atom stereocenters. The van der Waals surface area contributed by atoms with Crippen LogP contribution in [0.4, 0.5) is 0 Å². The number of hydrogen-bond acceptors (Lipinski definition) is 6. The van der Waals surface area contributed by atoms with Crippen molar-refractivity contribution in [2.24, 2.45) is 0 Å². The topological polar surface area (TPSA) is 80.3 Å². The number of unbranched alkanes of at least 4 members (excludes halogenated alkanes) is 18. The second-order valence-electron chi connectivity index (χ2n) is 8.96. The summed E-state index contributed by atoms with van der Waals surface area (Å²) in [6.45, 7) is 0. The SMILES string of the molecule is O=C([O-])CCCCCCCCCCCCSSCCCCCCCCCCCCC(=O)[O-].[Li+].[Li+]. The van der Waals surface area contributed by atoms with Crippen LogP contribution in [-0.2, 0) is 9.59 Å². The molecule has 0 rings (SSSR count). The van der Waals surface area contributed by atoms with Gasteiger partial charge in [0.15, 0.2) is 0 Å². The Morgan fingerprint density at radius 1 is 0.382 bits per heavy atom. The third-order valence-electron chi connectivity index (χ3n) is 5.80. The first-order valence-corrected chi connectivity index (χ1v) is 15.8. The van der Waals surface area contributed by atoms with Gasteiger partial charge in [0, 0.05) is 23.4 Å². The minimum absolute atomic E-state index is 0. The third-order valence-corrected chi connectivity index (χ3v) is 8.38. The molecule has 4 nitrogen and oxygen atoms in total. The Balaban J connectivity index is -0.00000480. The van der Waals surface area contributed by atoms with E-state index in [-0.39, 0.29) is 50.6 Å². The van der Waals surface area contributed by atoms with Crippen molar-refractivity contribution < 1.29 is 57.5 Å². The molecule has 0 saturated carbocycles. The van der Waals surface area contributed by atoms with Crippen LogP contribution in [0.2, 0.25) is 0 Å². The molecule has 8 heteroatoms. The molecule has 0 N–H and O–H groups in total. The Bertz CT molecular complexity index is 392. The van der Waals surface area contributed by atoms with Gasteiger partial charge >= 0.3 is 37.7 Å². The first-order chi connectivity index (χ1) is 15.6. The quantitative estimate of drug-likeness (QED) is 0.0923. The molecule has 190 valence electrons. The first-order valence-electron chi connectivity index (χ1n) is 13.3. The minimum atomic E-state index is -0.914. The summed E-state index contributed by atoms with van der Waals surface area (Å²) >= 11 is 0. The van der Waals surface area contributed by atoms with Crippen molar-refractivity contribution in [1.82, 2.24) is 0 Å². The number of carboxylic acids is 2. The second kappa shape index (κ2) is 33.8. The van der Waals surface area contributed by atoms with E-state index >= 15 is 0 Å². The molecule has 0 radical (unpaired) electrons. The number of carbonyl (C=O) groups excluding carboxylic acids is 2. The van der Waals surface area contributed by atoms with Gasteiger partial charge in [0.2, 0.25) is 0 Å². The molecule has 0 spiro atoms. The Morgan fingerprint density at radius 2 is 0.588 bits per heavy atom. The molecule has 0 aliphatic carbocycles. The molecule has 0 aromatic heterocycles. The van der Waals surface area contributed by atoms with E-state index in [1.165, 1.54) is 101 Å². The van der Waals surface area contributed by atoms with Crippen LogP contribution in [0.1, 0.15) is 141 Å². The van der Waals surface area contributed by atoms with Crippen LogP contribution < -0.4 is 47.9 Å². The largest absolute Gasteiger partial charge is 1.00 e. The predicted octanol–water partition coefficient (Wildman–Crippen LogP) is 0.458. The monoisotopic (exact) mass is 502 g/mol. The molecule has 0 aliphatic rings. The molecule has 0 unspecified atom stereocenters. The van der Waals surface area contributed by atoms with Gasteiger partial charge in [0.05, 0.1) is 0 Å². The van der Waals surface area contributed by atoms with Gasteiger partial charge in [-0.2, -0.15) is 0 Å². The molecular weight excluding hydrogens is 454 g/mol. The van der Waals surface area contributed by atoms with Crippen molar-refractivity contribution in [3.63, 3.8) is 0 Å². The zero-order valence-corrected chi connectivity index (χ0v) is 24.1. The molecule has 0 bridgehead atoms. The van der Waals surface area contributed by atoms with Crippen molar-refractivity contribution in [1.29, 1.82) is 0 Å². The van der Waals surface area contributed by atoms with Crippen LogP contribution in [0, 0.1) is 0 Å². The summed E-state index contributed by atoms with van der Waals surface area (Å²) < 4.78 is 0. The fourth-order valence-electron chi connectivity index (χ4n) is 3.81. The van der Waals surface area contributed by atoms with Gasteiger partial charge in [-0.15, -0.1) is 0 Å². The summed E-state index contributed by atoms with van der Waals surface area (Å²) in [4.78, 5) is 20.6. The first kappa shape index (κ1) is 39.3. The fourth-order valence-corrected chi connectivity index (χ4v) is 6.10. The maximum atomic E-state index is 10.3. The summed E-state index contributed by atoms with van der Waals surface area (Å²) in [5.41, 5.74) is 0. The molecule has 34 heavy (non-hydrogen) atoms. The fraction of sp³-hybridized carbons (Fsp3) is 0.923. The number of carbonyl (C=O) groups is 2. The summed E-state index contributed by atoms with van der Waals surface area (Å²) in [5.74, 6) is 0.739. The van der Waals surface area contributed by atoms with Crippen molar-refractivity contribution in [3.05, 3.63) is 0 Å². The van der Waals surface area contributed by atoms with Crippen molar-refractivity contribution in [2.75, 3.05) is 11.5 Å². The van der Waals surface area contributed by atoms with Crippen LogP contribution in [0.3, 0.4) is 0 Å². The molecule has 0 aliphatic heterocycles. The molecule has 0 heterocycles. The zero-order chi connectivity index (χ0) is 23.5. The Kier molecular flexibility index (Phi) is 39.2. The maximum absolute atomic E-state index is 10.3. The van der Waals surface area contributed by atoms with E-state index in [2.05, 4.69) is 0 Å². The summed E-state index contributed by atoms with van der Waals surface area (Å²) in [7, 11) is 4.10. The van der Waals surface area contributed by atoms with Crippen molar-refractivity contribution in [2.45, 2.75) is 141 Å². The van der Waals surface area contributed by atoms with Gasteiger partial charge in [0.25, 0.3) is 0 Å². The van der Waals surface area contributed by atoms with E-state index in [0.717, 1.165) is 38.5 Å². The average Bonchev–Trinajstić information content (AvgIpc) is 2.75. The van der Waals surface area contributed by atoms with Gasteiger partial charge in [-0.3, -0.25) is 0 Å². The number of carboxylic acid groups (broad SMARTS) is 2. The normalized spacial score (nSPS) is 10.5. The van der Waals surface area contributed by atoms with E-state index in [1.807, 2.05) is 21.6 Å². The molecule has 0 aromatic rings. The van der Waals surface area contributed by atoms with E-state index in [1.54, 1.807) is 0 Å². The van der Waals surface area contributed by atoms with Gasteiger partial charge in [0.1, 0.15) is 0 Å². The molecule has 0 saturated heterocycles. The number of aliphatic carboxylic acids is 2. The van der Waals surface area contributed by atoms with E-state index < -0.39 is 11.9 Å². The molecule has 0 amide bonds. The van der Waals surface area contributed by atoms with Crippen LogP contribution in [0.25, 0.3) is 0 Å². The van der Waals surface area contributed by atoms with Gasteiger partial charge in [-0.1, -0.05) is 124 Å². The summed E-state index contributed by atoms with van der Waals surface area (Å²) in [6.07, 6.45) is 24.9. The van der Waals surface area contributed by atoms with Gasteiger partial charge in [-0.05, 0) is 38.5 Å². The predicted molar refractivity (Wildman–Crippen MR) is 137 cm³/mol. The Hall–Kier alpha value is 0.835. The average molecular weight is 503 g/mol.